The van der Waals surface area contributed by atoms with Gasteiger partial charge in [0.1, 0.15) is 11.3 Å². The smallest absolute Gasteiger partial charge is 0.435 e. The van der Waals surface area contributed by atoms with Gasteiger partial charge in [-0.05, 0) is 67.8 Å². The van der Waals surface area contributed by atoms with E-state index in [-0.39, 0.29) is 64.3 Å². The van der Waals surface area contributed by atoms with E-state index < -0.39 is 45.8 Å². The van der Waals surface area contributed by atoms with E-state index in [0.717, 1.165) is 33.9 Å². The van der Waals surface area contributed by atoms with Crippen LogP contribution in [0.1, 0.15) is 60.3 Å². The molecule has 21 heteroatoms. The first-order chi connectivity index (χ1) is 26.8. The maximum Gasteiger partial charge on any atom is 0.435 e. The molecule has 1 N–H and O–H groups in total. The highest BCUT2D eigenvalue weighted by atomic mass is 35.5. The number of benzene rings is 1. The number of carbonyl (C=O) groups excluding carboxylic acids is 4. The van der Waals surface area contributed by atoms with Crippen LogP contribution in [0.3, 0.4) is 0 Å². The number of likely N-dealkylation sites (tertiary alicyclic amines) is 1. The summed E-state index contributed by atoms with van der Waals surface area (Å²) in [5.74, 6) is -2.14. The lowest BCUT2D eigenvalue weighted by Crippen LogP contribution is -2.53. The molecule has 3 aromatic heterocycles. The second-order valence-electron chi connectivity index (χ2n) is 14.5. The van der Waals surface area contributed by atoms with E-state index in [4.69, 9.17) is 16.3 Å². The molecular weight excluding hydrogens is 777 g/mol. The van der Waals surface area contributed by atoms with Crippen LogP contribution in [0, 0.1) is 16.0 Å². The molecule has 2 saturated heterocycles. The molecule has 0 unspecified atom stereocenters. The number of nitrogens with zero attached hydrogens (tertiary/aromatic N) is 9. The molecule has 2 fully saturated rings. The Morgan fingerprint density at radius 3 is 2.18 bits per heavy atom. The van der Waals surface area contributed by atoms with E-state index in [0.29, 0.717) is 39.0 Å². The standard InChI is InChI=1S/C36H38ClF3N10O7/c1-35(2,3)57-34(54)48-11-9-21(10-12-48)32(52)46-13-15-47(16-14-46)33(53)24-7-5-22(17-26(24)37)43-31(51)30-42-19-27(45(30)4)25-20-49(44-29(25)36(38,39)40)23-6-8-28(41-18-23)50(55)56/h5-8,17-21H,9-16H2,1-4H3,(H,43,51). The number of nitrogens with one attached hydrogen (secondary N) is 1. The van der Waals surface area contributed by atoms with Crippen LogP contribution >= 0.6 is 11.6 Å². The van der Waals surface area contributed by atoms with Crippen molar-refractivity contribution in [2.75, 3.05) is 44.6 Å². The van der Waals surface area contributed by atoms with E-state index in [9.17, 15) is 42.5 Å². The zero-order chi connectivity index (χ0) is 41.4. The van der Waals surface area contributed by atoms with Gasteiger partial charge < -0.3 is 39.4 Å². The summed E-state index contributed by atoms with van der Waals surface area (Å²) in [6.07, 6.45) is -1.13. The lowest BCUT2D eigenvalue weighted by Gasteiger charge is -2.38. The zero-order valence-corrected chi connectivity index (χ0v) is 32.0. The average molecular weight is 815 g/mol. The minimum absolute atomic E-state index is 0.0143. The molecule has 302 valence electrons. The number of hydrogen-bond acceptors (Lipinski definition) is 10. The molecule has 0 aliphatic carbocycles. The Morgan fingerprint density at radius 2 is 1.60 bits per heavy atom. The van der Waals surface area contributed by atoms with Gasteiger partial charge in [-0.2, -0.15) is 18.3 Å². The van der Waals surface area contributed by atoms with Gasteiger partial charge in [0.05, 0.1) is 28.0 Å². The fourth-order valence-electron chi connectivity index (χ4n) is 6.54. The summed E-state index contributed by atoms with van der Waals surface area (Å²) in [6, 6.07) is 6.48. The van der Waals surface area contributed by atoms with Crippen molar-refractivity contribution in [2.24, 2.45) is 13.0 Å². The van der Waals surface area contributed by atoms with Gasteiger partial charge in [0.15, 0.2) is 17.7 Å². The van der Waals surface area contributed by atoms with Crippen LogP contribution in [0.25, 0.3) is 16.9 Å². The minimum Gasteiger partial charge on any atom is -0.444 e. The zero-order valence-electron chi connectivity index (χ0n) is 31.2. The van der Waals surface area contributed by atoms with Crippen LogP contribution in [0.15, 0.2) is 48.9 Å². The number of aromatic nitrogens is 5. The van der Waals surface area contributed by atoms with E-state index in [1.807, 2.05) is 0 Å². The van der Waals surface area contributed by atoms with Crippen molar-refractivity contribution < 1.29 is 42.0 Å². The summed E-state index contributed by atoms with van der Waals surface area (Å²) < 4.78 is 49.7. The normalized spacial score (nSPS) is 15.4. The molecule has 2 aliphatic rings. The summed E-state index contributed by atoms with van der Waals surface area (Å²) >= 11 is 6.50. The van der Waals surface area contributed by atoms with E-state index >= 15 is 0 Å². The van der Waals surface area contributed by atoms with Crippen LogP contribution in [0.5, 0.6) is 0 Å². The number of amides is 4. The highest BCUT2D eigenvalue weighted by molar-refractivity contribution is 6.34. The molecule has 0 spiro atoms. The molecule has 6 rings (SSSR count). The van der Waals surface area contributed by atoms with Gasteiger partial charge in [0.2, 0.25) is 5.91 Å². The second kappa shape index (κ2) is 15.8. The first-order valence-corrected chi connectivity index (χ1v) is 18.1. The van der Waals surface area contributed by atoms with E-state index in [1.165, 1.54) is 31.3 Å². The van der Waals surface area contributed by atoms with Crippen LogP contribution in [-0.2, 0) is 22.8 Å². The van der Waals surface area contributed by atoms with Gasteiger partial charge in [0.25, 0.3) is 11.8 Å². The Labute approximate surface area is 328 Å². The maximum absolute atomic E-state index is 14.1. The minimum atomic E-state index is -4.91. The van der Waals surface area contributed by atoms with Gasteiger partial charge in [-0.1, -0.05) is 11.6 Å². The molecule has 57 heavy (non-hydrogen) atoms. The van der Waals surface area contributed by atoms with Crippen molar-refractivity contribution in [1.29, 1.82) is 0 Å². The van der Waals surface area contributed by atoms with Crippen molar-refractivity contribution in [1.82, 2.24) is 39.0 Å². The largest absolute Gasteiger partial charge is 0.444 e. The van der Waals surface area contributed by atoms with Crippen LogP contribution in [-0.4, -0.2) is 113 Å². The Kier molecular flexibility index (Phi) is 11.3. The number of carbonyl (C=O) groups is 4. The fourth-order valence-corrected chi connectivity index (χ4v) is 6.80. The third-order valence-electron chi connectivity index (χ3n) is 9.47. The summed E-state index contributed by atoms with van der Waals surface area (Å²) in [5, 5.41) is 17.2. The molecule has 5 heterocycles. The first kappa shape index (κ1) is 40.6. The number of pyridine rings is 1. The Balaban J connectivity index is 1.06. The molecular formula is C36H38ClF3N10O7. The van der Waals surface area contributed by atoms with Crippen molar-refractivity contribution >= 4 is 46.9 Å². The highest BCUT2D eigenvalue weighted by Gasteiger charge is 2.39. The SMILES string of the molecule is Cn1c(-c2cn(-c3ccc([N+](=O)[O-])nc3)nc2C(F)(F)F)cnc1C(=O)Nc1ccc(C(=O)N2CCN(C(=O)C3CCN(C(=O)OC(C)(C)C)CC3)CC2)c(Cl)c1. The second-order valence-corrected chi connectivity index (χ2v) is 14.9. The summed E-state index contributed by atoms with van der Waals surface area (Å²) in [5.41, 5.74) is -2.02. The molecule has 17 nitrogen and oxygen atoms in total. The molecule has 4 amide bonds. The number of rotatable bonds is 7. The third-order valence-corrected chi connectivity index (χ3v) is 9.78. The number of anilines is 1. The maximum atomic E-state index is 14.1. The summed E-state index contributed by atoms with van der Waals surface area (Å²) in [4.78, 5) is 75.2. The van der Waals surface area contributed by atoms with Gasteiger partial charge in [-0.25, -0.2) is 14.5 Å². The lowest BCUT2D eigenvalue weighted by molar-refractivity contribution is -0.389. The number of alkyl halides is 3. The molecule has 4 aromatic rings. The third kappa shape index (κ3) is 9.00. The average Bonchev–Trinajstić information content (AvgIpc) is 3.78. The fraction of sp³-hybridized carbons (Fsp3) is 0.417. The summed E-state index contributed by atoms with van der Waals surface area (Å²) in [6.45, 7) is 7.44. The Hall–Kier alpha value is -6.05. The number of ether oxygens (including phenoxy) is 1. The lowest BCUT2D eigenvalue weighted by atomic mass is 9.95. The monoisotopic (exact) mass is 814 g/mol. The molecule has 0 saturated carbocycles. The number of piperazine rings is 1. The van der Waals surface area contributed by atoms with Gasteiger partial charge in [0, 0.05) is 70.2 Å². The van der Waals surface area contributed by atoms with E-state index in [1.54, 1.807) is 35.5 Å². The number of imidazole rings is 1. The van der Waals surface area contributed by atoms with Crippen molar-refractivity contribution in [3.63, 3.8) is 0 Å². The van der Waals surface area contributed by atoms with Crippen LogP contribution in [0.2, 0.25) is 5.02 Å². The van der Waals surface area contributed by atoms with Gasteiger partial charge in [-0.15, -0.1) is 0 Å². The van der Waals surface area contributed by atoms with Gasteiger partial charge in [-0.3, -0.25) is 14.4 Å². The van der Waals surface area contributed by atoms with Crippen molar-refractivity contribution in [3.8, 4) is 16.9 Å². The Morgan fingerprint density at radius 1 is 0.930 bits per heavy atom. The Bertz CT molecular complexity index is 2200. The predicted octanol–water partition coefficient (Wildman–Crippen LogP) is 5.43. The number of hydrogen-bond donors (Lipinski definition) is 1. The first-order valence-electron chi connectivity index (χ1n) is 17.8. The quantitative estimate of drug-likeness (QED) is 0.186. The molecule has 0 radical (unpaired) electrons. The predicted molar refractivity (Wildman–Crippen MR) is 198 cm³/mol. The van der Waals surface area contributed by atoms with Gasteiger partial charge >= 0.3 is 18.1 Å². The van der Waals surface area contributed by atoms with E-state index in [2.05, 4.69) is 20.4 Å². The number of nitro groups is 1. The molecule has 0 atom stereocenters. The topological polar surface area (TPSA) is 191 Å². The molecule has 1 aromatic carbocycles. The number of piperidine rings is 1. The van der Waals surface area contributed by atoms with Crippen molar-refractivity contribution in [3.05, 3.63) is 81.1 Å². The number of halogens is 4. The summed E-state index contributed by atoms with van der Waals surface area (Å²) in [7, 11) is 1.35. The highest BCUT2D eigenvalue weighted by Crippen LogP contribution is 2.37. The van der Waals surface area contributed by atoms with Crippen LogP contribution < -0.4 is 5.32 Å². The molecule has 2 aliphatic heterocycles. The molecule has 0 bridgehead atoms. The van der Waals surface area contributed by atoms with Crippen LogP contribution in [0.4, 0.5) is 29.5 Å². The van der Waals surface area contributed by atoms with Crippen molar-refractivity contribution in [2.45, 2.75) is 45.4 Å².